The first-order chi connectivity index (χ1) is 9.90. The molecule has 108 valence electrons. The van der Waals surface area contributed by atoms with E-state index in [1.54, 1.807) is 0 Å². The molecule has 1 aliphatic heterocycles. The number of hydrogen-bond acceptors (Lipinski definition) is 2. The van der Waals surface area contributed by atoms with Crippen LogP contribution in [0.5, 0.6) is 0 Å². The van der Waals surface area contributed by atoms with Crippen molar-refractivity contribution in [1.29, 1.82) is 0 Å². The van der Waals surface area contributed by atoms with E-state index >= 15 is 0 Å². The number of rotatable bonds is 5. The third kappa shape index (κ3) is 2.35. The Hall–Kier alpha value is -1.02. The molecule has 0 radical (unpaired) electrons. The van der Waals surface area contributed by atoms with Gasteiger partial charge in [-0.2, -0.15) is 0 Å². The average Bonchev–Trinajstić information content (AvgIpc) is 3.19. The molecule has 2 aliphatic carbocycles. The van der Waals surface area contributed by atoms with Crippen LogP contribution in [0.3, 0.4) is 0 Å². The summed E-state index contributed by atoms with van der Waals surface area (Å²) in [5.41, 5.74) is 3.01. The molecule has 0 spiro atoms. The Bertz CT molecular complexity index is 470. The number of anilines is 1. The fourth-order valence-electron chi connectivity index (χ4n) is 4.69. The highest BCUT2D eigenvalue weighted by atomic mass is 15.1. The second-order valence-corrected chi connectivity index (χ2v) is 6.95. The Morgan fingerprint density at radius 2 is 2.10 bits per heavy atom. The van der Waals surface area contributed by atoms with Crippen LogP contribution < -0.4 is 10.2 Å². The van der Waals surface area contributed by atoms with Crippen LogP contribution in [0, 0.1) is 11.8 Å². The number of benzene rings is 1. The summed E-state index contributed by atoms with van der Waals surface area (Å²) in [5.74, 6) is 2.07. The molecule has 2 nitrogen and oxygen atoms in total. The van der Waals surface area contributed by atoms with Gasteiger partial charge in [0.1, 0.15) is 0 Å². The molecule has 3 unspecified atom stereocenters. The largest absolute Gasteiger partial charge is 0.371 e. The first kappa shape index (κ1) is 12.7. The predicted molar refractivity (Wildman–Crippen MR) is 84.2 cm³/mol. The van der Waals surface area contributed by atoms with E-state index in [0.29, 0.717) is 0 Å². The van der Waals surface area contributed by atoms with E-state index < -0.39 is 0 Å². The summed E-state index contributed by atoms with van der Waals surface area (Å²) in [6, 6.07) is 9.75. The van der Waals surface area contributed by atoms with Gasteiger partial charge in [-0.25, -0.2) is 0 Å². The summed E-state index contributed by atoms with van der Waals surface area (Å²) in [4.78, 5) is 2.57. The average molecular weight is 270 g/mol. The van der Waals surface area contributed by atoms with E-state index in [9.17, 15) is 0 Å². The fourth-order valence-corrected chi connectivity index (χ4v) is 4.69. The van der Waals surface area contributed by atoms with E-state index in [4.69, 9.17) is 0 Å². The lowest BCUT2D eigenvalue weighted by Crippen LogP contribution is -2.36. The maximum atomic E-state index is 3.83. The highest BCUT2D eigenvalue weighted by Gasteiger charge is 2.38. The van der Waals surface area contributed by atoms with Crippen molar-refractivity contribution in [2.45, 2.75) is 44.6 Å². The maximum Gasteiger partial charge on any atom is 0.0399 e. The third-order valence-corrected chi connectivity index (χ3v) is 5.73. The van der Waals surface area contributed by atoms with Gasteiger partial charge in [-0.15, -0.1) is 0 Å². The third-order valence-electron chi connectivity index (χ3n) is 5.73. The minimum absolute atomic E-state index is 0.847. The Kier molecular flexibility index (Phi) is 3.43. The molecular formula is C18H26N2. The lowest BCUT2D eigenvalue weighted by Gasteiger charge is -2.24. The van der Waals surface area contributed by atoms with Crippen molar-refractivity contribution < 1.29 is 0 Å². The molecule has 1 aromatic carbocycles. The summed E-state index contributed by atoms with van der Waals surface area (Å²) in [7, 11) is 0. The van der Waals surface area contributed by atoms with Crippen molar-refractivity contribution in [3.05, 3.63) is 29.8 Å². The zero-order valence-corrected chi connectivity index (χ0v) is 12.4. The lowest BCUT2D eigenvalue weighted by molar-refractivity contribution is 0.351. The summed E-state index contributed by atoms with van der Waals surface area (Å²) >= 11 is 0. The molecule has 2 heteroatoms. The topological polar surface area (TPSA) is 15.3 Å². The summed E-state index contributed by atoms with van der Waals surface area (Å²) in [6.45, 7) is 3.63. The van der Waals surface area contributed by atoms with E-state index in [1.807, 2.05) is 0 Å². The molecule has 3 aliphatic rings. The SMILES string of the molecule is c1ccc2c(c1)CCN2CCCNC1CC2CCC1C2. The molecule has 2 saturated carbocycles. The van der Waals surface area contributed by atoms with Gasteiger partial charge in [-0.3, -0.25) is 0 Å². The van der Waals surface area contributed by atoms with E-state index in [1.165, 1.54) is 69.4 Å². The van der Waals surface area contributed by atoms with Gasteiger partial charge in [-0.05, 0) is 62.1 Å². The first-order valence-electron chi connectivity index (χ1n) is 8.46. The van der Waals surface area contributed by atoms with Gasteiger partial charge in [0.15, 0.2) is 0 Å². The molecule has 0 saturated heterocycles. The van der Waals surface area contributed by atoms with E-state index in [2.05, 4.69) is 34.5 Å². The monoisotopic (exact) mass is 270 g/mol. The second-order valence-electron chi connectivity index (χ2n) is 6.95. The number of nitrogens with one attached hydrogen (secondary N) is 1. The van der Waals surface area contributed by atoms with Gasteiger partial charge in [0.25, 0.3) is 0 Å². The van der Waals surface area contributed by atoms with Crippen LogP contribution in [0.1, 0.15) is 37.7 Å². The zero-order valence-electron chi connectivity index (χ0n) is 12.4. The van der Waals surface area contributed by atoms with Gasteiger partial charge in [-0.1, -0.05) is 24.6 Å². The molecule has 3 atom stereocenters. The molecular weight excluding hydrogens is 244 g/mol. The molecule has 1 aromatic rings. The Labute approximate surface area is 122 Å². The molecule has 1 N–H and O–H groups in total. The lowest BCUT2D eigenvalue weighted by atomic mass is 9.95. The molecule has 1 heterocycles. The van der Waals surface area contributed by atoms with E-state index in [-0.39, 0.29) is 0 Å². The second kappa shape index (κ2) is 5.40. The van der Waals surface area contributed by atoms with Crippen LogP contribution in [0.25, 0.3) is 0 Å². The summed E-state index contributed by atoms with van der Waals surface area (Å²) in [5, 5.41) is 3.83. The quantitative estimate of drug-likeness (QED) is 0.827. The fraction of sp³-hybridized carbons (Fsp3) is 0.667. The molecule has 0 aromatic heterocycles. The maximum absolute atomic E-state index is 3.83. The minimum atomic E-state index is 0.847. The van der Waals surface area contributed by atoms with Crippen LogP contribution in [0.4, 0.5) is 5.69 Å². The summed E-state index contributed by atoms with van der Waals surface area (Å²) < 4.78 is 0. The van der Waals surface area contributed by atoms with Crippen LogP contribution in [0.2, 0.25) is 0 Å². The van der Waals surface area contributed by atoms with Gasteiger partial charge in [0.05, 0.1) is 0 Å². The molecule has 20 heavy (non-hydrogen) atoms. The molecule has 2 bridgehead atoms. The van der Waals surface area contributed by atoms with Crippen molar-refractivity contribution in [2.24, 2.45) is 11.8 Å². The van der Waals surface area contributed by atoms with Crippen LogP contribution in [-0.4, -0.2) is 25.7 Å². The smallest absolute Gasteiger partial charge is 0.0399 e. The van der Waals surface area contributed by atoms with Gasteiger partial charge < -0.3 is 10.2 Å². The number of hydrogen-bond donors (Lipinski definition) is 1. The number of fused-ring (bicyclic) bond motifs is 3. The van der Waals surface area contributed by atoms with Gasteiger partial charge in [0, 0.05) is 24.8 Å². The minimum Gasteiger partial charge on any atom is -0.371 e. The predicted octanol–water partition coefficient (Wildman–Crippen LogP) is 3.22. The number of nitrogens with zero attached hydrogens (tertiary/aromatic N) is 1. The van der Waals surface area contributed by atoms with Gasteiger partial charge >= 0.3 is 0 Å². The van der Waals surface area contributed by atoms with Crippen molar-refractivity contribution in [1.82, 2.24) is 5.32 Å². The van der Waals surface area contributed by atoms with Crippen molar-refractivity contribution >= 4 is 5.69 Å². The standard InChI is InChI=1S/C18H26N2/c1-2-5-18-15(4-1)8-11-20(18)10-3-9-19-17-13-14-6-7-16(17)12-14/h1-2,4-5,14,16-17,19H,3,6-13H2. The summed E-state index contributed by atoms with van der Waals surface area (Å²) in [6.07, 6.45) is 8.47. The van der Waals surface area contributed by atoms with Crippen LogP contribution in [0.15, 0.2) is 24.3 Å². The van der Waals surface area contributed by atoms with Crippen LogP contribution >= 0.6 is 0 Å². The highest BCUT2D eigenvalue weighted by Crippen LogP contribution is 2.44. The van der Waals surface area contributed by atoms with Crippen molar-refractivity contribution in [3.63, 3.8) is 0 Å². The Balaban J connectivity index is 1.22. The number of para-hydroxylation sites is 1. The Morgan fingerprint density at radius 1 is 1.15 bits per heavy atom. The normalized spacial score (nSPS) is 31.0. The van der Waals surface area contributed by atoms with E-state index in [0.717, 1.165) is 17.9 Å². The first-order valence-corrected chi connectivity index (χ1v) is 8.46. The Morgan fingerprint density at radius 3 is 2.95 bits per heavy atom. The molecule has 4 rings (SSSR count). The molecule has 2 fully saturated rings. The zero-order chi connectivity index (χ0) is 13.4. The molecule has 0 amide bonds. The highest BCUT2D eigenvalue weighted by molar-refractivity contribution is 5.57. The van der Waals surface area contributed by atoms with Crippen molar-refractivity contribution in [2.75, 3.05) is 24.5 Å². The van der Waals surface area contributed by atoms with Gasteiger partial charge in [0.2, 0.25) is 0 Å². The van der Waals surface area contributed by atoms with Crippen molar-refractivity contribution in [3.8, 4) is 0 Å². The van der Waals surface area contributed by atoms with Crippen LogP contribution in [-0.2, 0) is 6.42 Å².